The number of rotatable bonds is 4. The fourth-order valence-corrected chi connectivity index (χ4v) is 5.03. The van der Waals surface area contributed by atoms with Crippen molar-refractivity contribution in [2.24, 2.45) is 0 Å². The Kier molecular flexibility index (Phi) is 5.28. The van der Waals surface area contributed by atoms with E-state index in [2.05, 4.69) is 12.6 Å². The number of nitriles is 1. The minimum Gasteiger partial charge on any atom is -0.307 e. The maximum Gasteiger partial charge on any atom is 0.250 e. The fourth-order valence-electron chi connectivity index (χ4n) is 4.91. The molecular weight excluding hydrogens is 444 g/mol. The van der Waals surface area contributed by atoms with Crippen molar-refractivity contribution in [3.8, 4) is 6.07 Å². The number of halogens is 1. The largest absolute Gasteiger partial charge is 0.307 e. The molecule has 0 radical (unpaired) electrons. The van der Waals surface area contributed by atoms with Gasteiger partial charge >= 0.3 is 0 Å². The molecule has 1 spiro atoms. The lowest BCUT2D eigenvalue weighted by molar-refractivity contribution is -0.129. The van der Waals surface area contributed by atoms with Gasteiger partial charge in [0, 0.05) is 28.4 Å². The predicted octanol–water partition coefficient (Wildman–Crippen LogP) is 5.75. The number of hydrogen-bond donors (Lipinski definition) is 0. The third-order valence-corrected chi connectivity index (χ3v) is 6.57. The number of benzene rings is 3. The van der Waals surface area contributed by atoms with Crippen molar-refractivity contribution >= 4 is 40.6 Å². The number of anilines is 1. The number of amides is 1. The van der Waals surface area contributed by atoms with Gasteiger partial charge in [0.25, 0.3) is 5.91 Å². The zero-order valence-corrected chi connectivity index (χ0v) is 18.9. The van der Waals surface area contributed by atoms with Crippen molar-refractivity contribution in [2.45, 2.75) is 5.41 Å². The Morgan fingerprint density at radius 2 is 1.65 bits per heavy atom. The highest BCUT2D eigenvalue weighted by molar-refractivity contribution is 6.38. The van der Waals surface area contributed by atoms with Crippen molar-refractivity contribution in [3.05, 3.63) is 124 Å². The number of hydrogen-bond acceptors (Lipinski definition) is 3. The number of allylic oxidation sites excluding steroid dienone is 2. The molecule has 2 aliphatic rings. The zero-order valence-electron chi connectivity index (χ0n) is 18.2. The van der Waals surface area contributed by atoms with Crippen LogP contribution in [0.15, 0.2) is 103 Å². The average Bonchev–Trinajstić information content (AvgIpc) is 3.26. The van der Waals surface area contributed by atoms with E-state index in [1.807, 2.05) is 66.7 Å². The minimum absolute atomic E-state index is 0.0185. The first kappa shape index (κ1) is 21.6. The molecule has 0 saturated heterocycles. The second-order valence-electron chi connectivity index (χ2n) is 8.14. The first-order valence-electron chi connectivity index (χ1n) is 10.8. The van der Waals surface area contributed by atoms with E-state index in [1.54, 1.807) is 29.2 Å². The summed E-state index contributed by atoms with van der Waals surface area (Å²) in [6.07, 6.45) is 3.46. The second kappa shape index (κ2) is 8.30. The van der Waals surface area contributed by atoms with Crippen molar-refractivity contribution in [1.82, 2.24) is 0 Å². The molecule has 1 unspecified atom stereocenters. The van der Waals surface area contributed by atoms with E-state index in [0.29, 0.717) is 33.0 Å². The summed E-state index contributed by atoms with van der Waals surface area (Å²) < 4.78 is 0. The van der Waals surface area contributed by atoms with Gasteiger partial charge in [0.1, 0.15) is 11.6 Å². The van der Waals surface area contributed by atoms with Crippen LogP contribution in [0.5, 0.6) is 0 Å². The topological polar surface area (TPSA) is 61.2 Å². The summed E-state index contributed by atoms with van der Waals surface area (Å²) >= 11 is 6.09. The highest BCUT2D eigenvalue weighted by Gasteiger charge is 2.63. The molecule has 4 nitrogen and oxygen atoms in total. The highest BCUT2D eigenvalue weighted by atomic mass is 35.5. The quantitative estimate of drug-likeness (QED) is 0.366. The zero-order chi connectivity index (χ0) is 23.9. The number of ketones is 1. The summed E-state index contributed by atoms with van der Waals surface area (Å²) in [4.78, 5) is 29.8. The van der Waals surface area contributed by atoms with Gasteiger partial charge in [-0.15, -0.1) is 6.58 Å². The van der Waals surface area contributed by atoms with E-state index in [9.17, 15) is 14.9 Å². The lowest BCUT2D eigenvalue weighted by Gasteiger charge is -2.25. The van der Waals surface area contributed by atoms with Crippen LogP contribution in [0.4, 0.5) is 5.69 Å². The van der Waals surface area contributed by atoms with Gasteiger partial charge in [0.05, 0.1) is 0 Å². The Hall–Kier alpha value is -4.20. The Labute approximate surface area is 202 Å². The second-order valence-corrected chi connectivity index (χ2v) is 8.57. The summed E-state index contributed by atoms with van der Waals surface area (Å²) in [5, 5.41) is 10.7. The molecule has 1 atom stereocenters. The molecule has 1 aliphatic carbocycles. The normalized spacial score (nSPS) is 20.2. The Bertz CT molecular complexity index is 1450. The van der Waals surface area contributed by atoms with Gasteiger partial charge in [0.15, 0.2) is 11.2 Å². The van der Waals surface area contributed by atoms with Crippen LogP contribution in [0.3, 0.4) is 0 Å². The standard InChI is InChI=1S/C29H19ClN2O2/c1-2-16-32-25-11-7-6-10-23(25)29(28(32)34)24(17-19-12-14-21(30)15-13-19)26(22(18-31)27(29)33)20-8-4-3-5-9-20/h2-15,17H,1,16H2/b24-17+. The number of nitrogens with zero attached hydrogens (tertiary/aromatic N) is 2. The van der Waals surface area contributed by atoms with E-state index in [0.717, 1.165) is 5.56 Å². The molecule has 3 aromatic carbocycles. The molecule has 0 fully saturated rings. The molecule has 1 aliphatic heterocycles. The maximum absolute atomic E-state index is 14.1. The van der Waals surface area contributed by atoms with Crippen LogP contribution in [-0.2, 0) is 15.0 Å². The van der Waals surface area contributed by atoms with Crippen LogP contribution in [0.2, 0.25) is 5.02 Å². The van der Waals surface area contributed by atoms with Crippen molar-refractivity contribution in [2.75, 3.05) is 11.4 Å². The highest BCUT2D eigenvalue weighted by Crippen LogP contribution is 2.56. The third kappa shape index (κ3) is 2.98. The van der Waals surface area contributed by atoms with Crippen LogP contribution < -0.4 is 4.90 Å². The summed E-state index contributed by atoms with van der Waals surface area (Å²) in [7, 11) is 0. The SMILES string of the molecule is C=CCN1C(=O)C2(C(=O)C(C#N)=C(c3ccccc3)/C2=C\c2ccc(Cl)cc2)c2ccccc21. The summed E-state index contributed by atoms with van der Waals surface area (Å²) in [6.45, 7) is 4.04. The van der Waals surface area contributed by atoms with Crippen LogP contribution in [-0.4, -0.2) is 18.2 Å². The van der Waals surface area contributed by atoms with Crippen molar-refractivity contribution in [1.29, 1.82) is 5.26 Å². The Morgan fingerprint density at radius 3 is 2.32 bits per heavy atom. The van der Waals surface area contributed by atoms with Crippen LogP contribution in [0, 0.1) is 11.3 Å². The van der Waals surface area contributed by atoms with Gasteiger partial charge in [-0.25, -0.2) is 0 Å². The molecule has 0 N–H and O–H groups in total. The van der Waals surface area contributed by atoms with Gasteiger partial charge in [-0.05, 0) is 41.0 Å². The number of para-hydroxylation sites is 1. The molecule has 0 saturated carbocycles. The van der Waals surface area contributed by atoms with E-state index >= 15 is 0 Å². The van der Waals surface area contributed by atoms with Crippen LogP contribution in [0.1, 0.15) is 16.7 Å². The van der Waals surface area contributed by atoms with Gasteiger partial charge in [0.2, 0.25) is 0 Å². The Morgan fingerprint density at radius 1 is 0.971 bits per heavy atom. The smallest absolute Gasteiger partial charge is 0.250 e. The molecule has 5 heteroatoms. The van der Waals surface area contributed by atoms with Crippen molar-refractivity contribution < 1.29 is 9.59 Å². The van der Waals surface area contributed by atoms with Crippen LogP contribution in [0.25, 0.3) is 11.6 Å². The lowest BCUT2D eigenvalue weighted by Crippen LogP contribution is -2.45. The van der Waals surface area contributed by atoms with Gasteiger partial charge in [-0.2, -0.15) is 5.26 Å². The summed E-state index contributed by atoms with van der Waals surface area (Å²) in [5.41, 5.74) is 2.01. The molecule has 1 amide bonds. The van der Waals surface area contributed by atoms with E-state index in [1.165, 1.54) is 0 Å². The number of carbonyl (C=O) groups is 2. The van der Waals surface area contributed by atoms with E-state index < -0.39 is 11.2 Å². The Balaban J connectivity index is 1.87. The first-order chi connectivity index (χ1) is 16.5. The minimum atomic E-state index is -1.64. The monoisotopic (exact) mass is 462 g/mol. The van der Waals surface area contributed by atoms with E-state index in [-0.39, 0.29) is 18.0 Å². The predicted molar refractivity (Wildman–Crippen MR) is 134 cm³/mol. The molecule has 3 aromatic rings. The van der Waals surface area contributed by atoms with Gasteiger partial charge in [-0.1, -0.05) is 78.3 Å². The molecule has 1 heterocycles. The van der Waals surface area contributed by atoms with Crippen LogP contribution >= 0.6 is 11.6 Å². The molecule has 164 valence electrons. The number of fused-ring (bicyclic) bond motifs is 2. The number of Topliss-reactive ketones (excluding diaryl/α,β-unsaturated/α-hetero) is 1. The fraction of sp³-hybridized carbons (Fsp3) is 0.0690. The maximum atomic E-state index is 14.1. The molecular formula is C29H19ClN2O2. The molecule has 0 bridgehead atoms. The van der Waals surface area contributed by atoms with Gasteiger partial charge < -0.3 is 4.90 Å². The average molecular weight is 463 g/mol. The molecule has 34 heavy (non-hydrogen) atoms. The lowest BCUT2D eigenvalue weighted by atomic mass is 9.72. The number of carbonyl (C=O) groups excluding carboxylic acids is 2. The summed E-state index contributed by atoms with van der Waals surface area (Å²) in [6, 6.07) is 25.8. The molecule has 0 aromatic heterocycles. The van der Waals surface area contributed by atoms with Gasteiger partial charge in [-0.3, -0.25) is 9.59 Å². The van der Waals surface area contributed by atoms with Crippen molar-refractivity contribution in [3.63, 3.8) is 0 Å². The van der Waals surface area contributed by atoms with E-state index in [4.69, 9.17) is 11.6 Å². The first-order valence-corrected chi connectivity index (χ1v) is 11.2. The molecule has 5 rings (SSSR count). The third-order valence-electron chi connectivity index (χ3n) is 6.32. The summed E-state index contributed by atoms with van der Waals surface area (Å²) in [5.74, 6) is -0.879.